The number of thiophene rings is 1. The van der Waals surface area contributed by atoms with Crippen molar-refractivity contribution in [1.82, 2.24) is 15.5 Å². The maximum absolute atomic E-state index is 12.7. The second-order valence-electron chi connectivity index (χ2n) is 7.91. The van der Waals surface area contributed by atoms with Crippen LogP contribution in [0.1, 0.15) is 34.9 Å². The van der Waals surface area contributed by atoms with Gasteiger partial charge in [-0.25, -0.2) is 4.79 Å². The Morgan fingerprint density at radius 2 is 1.57 bits per heavy atom. The number of nitrogens with one attached hydrogen (secondary N) is 2. The molecule has 3 aromatic rings. The summed E-state index contributed by atoms with van der Waals surface area (Å²) in [5.41, 5.74) is 2.17. The molecule has 1 fully saturated rings. The van der Waals surface area contributed by atoms with Gasteiger partial charge in [-0.15, -0.1) is 11.3 Å². The van der Waals surface area contributed by atoms with Crippen LogP contribution in [0, 0.1) is 5.92 Å². The largest absolute Gasteiger partial charge is 0.338 e. The van der Waals surface area contributed by atoms with Crippen LogP contribution < -0.4 is 10.6 Å². The van der Waals surface area contributed by atoms with E-state index in [9.17, 15) is 4.79 Å². The molecule has 5 heteroatoms. The number of hydrogen-bond acceptors (Lipinski definition) is 3. The number of piperidine rings is 1. The molecule has 156 valence electrons. The molecule has 4 rings (SSSR count). The van der Waals surface area contributed by atoms with Gasteiger partial charge in [0.25, 0.3) is 0 Å². The van der Waals surface area contributed by atoms with E-state index in [1.165, 1.54) is 4.88 Å². The van der Waals surface area contributed by atoms with E-state index in [1.54, 1.807) is 0 Å². The van der Waals surface area contributed by atoms with Crippen LogP contribution in [0.3, 0.4) is 0 Å². The SMILES string of the molecule is O=C(NCC1CCN(Cc2cccs2)CC1)NC(c1ccccc1)c1ccccc1. The van der Waals surface area contributed by atoms with Gasteiger partial charge in [0.15, 0.2) is 0 Å². The lowest BCUT2D eigenvalue weighted by atomic mass is 9.96. The number of nitrogens with zero attached hydrogens (tertiary/aromatic N) is 1. The zero-order valence-electron chi connectivity index (χ0n) is 17.2. The smallest absolute Gasteiger partial charge is 0.315 e. The van der Waals surface area contributed by atoms with Crippen molar-refractivity contribution in [2.24, 2.45) is 5.92 Å². The number of likely N-dealkylation sites (tertiary alicyclic amines) is 1. The molecule has 2 heterocycles. The van der Waals surface area contributed by atoms with Crippen LogP contribution in [0.15, 0.2) is 78.2 Å². The highest BCUT2D eigenvalue weighted by molar-refractivity contribution is 7.09. The lowest BCUT2D eigenvalue weighted by Crippen LogP contribution is -2.43. The highest BCUT2D eigenvalue weighted by Crippen LogP contribution is 2.22. The molecule has 0 aliphatic carbocycles. The highest BCUT2D eigenvalue weighted by atomic mass is 32.1. The van der Waals surface area contributed by atoms with Crippen molar-refractivity contribution in [3.63, 3.8) is 0 Å². The van der Waals surface area contributed by atoms with Gasteiger partial charge in [-0.3, -0.25) is 4.90 Å². The van der Waals surface area contributed by atoms with Gasteiger partial charge in [0, 0.05) is 18.0 Å². The van der Waals surface area contributed by atoms with Crippen molar-refractivity contribution in [1.29, 1.82) is 0 Å². The van der Waals surface area contributed by atoms with E-state index in [0.717, 1.165) is 50.1 Å². The highest BCUT2D eigenvalue weighted by Gasteiger charge is 2.21. The van der Waals surface area contributed by atoms with Crippen molar-refractivity contribution in [3.05, 3.63) is 94.2 Å². The standard InChI is InChI=1S/C25H29N3OS/c29-25(26-18-20-13-15-28(16-14-20)19-23-12-7-17-30-23)27-24(21-8-3-1-4-9-21)22-10-5-2-6-11-22/h1-12,17,20,24H,13-16,18-19H2,(H2,26,27,29). The van der Waals surface area contributed by atoms with Crippen LogP contribution in [0.4, 0.5) is 4.79 Å². The first-order chi connectivity index (χ1) is 14.8. The lowest BCUT2D eigenvalue weighted by Gasteiger charge is -2.31. The number of amides is 2. The maximum Gasteiger partial charge on any atom is 0.315 e. The van der Waals surface area contributed by atoms with Crippen LogP contribution in [0.2, 0.25) is 0 Å². The van der Waals surface area contributed by atoms with Crippen molar-refractivity contribution in [2.45, 2.75) is 25.4 Å². The Balaban J connectivity index is 1.27. The Bertz CT molecular complexity index is 851. The fourth-order valence-electron chi connectivity index (χ4n) is 4.04. The number of rotatable bonds is 7. The predicted molar refractivity (Wildman–Crippen MR) is 124 cm³/mol. The molecule has 2 aromatic carbocycles. The Labute approximate surface area is 182 Å². The third-order valence-corrected chi connectivity index (χ3v) is 6.62. The van der Waals surface area contributed by atoms with E-state index in [2.05, 4.69) is 57.3 Å². The summed E-state index contributed by atoms with van der Waals surface area (Å²) >= 11 is 1.83. The Kier molecular flexibility index (Phi) is 7.16. The second-order valence-corrected chi connectivity index (χ2v) is 8.94. The molecule has 0 spiro atoms. The van der Waals surface area contributed by atoms with E-state index in [0.29, 0.717) is 5.92 Å². The molecule has 4 nitrogen and oxygen atoms in total. The van der Waals surface area contributed by atoms with Gasteiger partial charge in [-0.1, -0.05) is 66.7 Å². The van der Waals surface area contributed by atoms with E-state index in [1.807, 2.05) is 47.7 Å². The minimum absolute atomic E-state index is 0.103. The first-order valence-corrected chi connectivity index (χ1v) is 11.5. The minimum Gasteiger partial charge on any atom is -0.338 e. The number of carbonyl (C=O) groups is 1. The quantitative estimate of drug-likeness (QED) is 0.563. The minimum atomic E-state index is -0.153. The number of hydrogen-bond donors (Lipinski definition) is 2. The van der Waals surface area contributed by atoms with E-state index >= 15 is 0 Å². The van der Waals surface area contributed by atoms with Crippen molar-refractivity contribution in [2.75, 3.05) is 19.6 Å². The first-order valence-electron chi connectivity index (χ1n) is 10.7. The summed E-state index contributed by atoms with van der Waals surface area (Å²) in [6.45, 7) is 3.98. The van der Waals surface area contributed by atoms with Gasteiger partial charge in [0.1, 0.15) is 0 Å². The summed E-state index contributed by atoms with van der Waals surface area (Å²) < 4.78 is 0. The van der Waals surface area contributed by atoms with Crippen LogP contribution in [-0.4, -0.2) is 30.6 Å². The summed E-state index contributed by atoms with van der Waals surface area (Å²) in [6, 6.07) is 24.3. The molecule has 0 radical (unpaired) electrons. The monoisotopic (exact) mass is 419 g/mol. The third-order valence-electron chi connectivity index (χ3n) is 5.76. The Morgan fingerprint density at radius 1 is 0.933 bits per heavy atom. The van der Waals surface area contributed by atoms with Gasteiger partial charge < -0.3 is 10.6 Å². The number of carbonyl (C=O) groups excluding carboxylic acids is 1. The van der Waals surface area contributed by atoms with Gasteiger partial charge in [0.2, 0.25) is 0 Å². The summed E-state index contributed by atoms with van der Waals surface area (Å²) in [6.07, 6.45) is 2.26. The molecule has 30 heavy (non-hydrogen) atoms. The Morgan fingerprint density at radius 3 is 2.13 bits per heavy atom. The summed E-state index contributed by atoms with van der Waals surface area (Å²) in [5, 5.41) is 8.43. The normalized spacial score (nSPS) is 15.2. The van der Waals surface area contributed by atoms with Gasteiger partial charge in [-0.2, -0.15) is 0 Å². The molecule has 0 unspecified atom stereocenters. The van der Waals surface area contributed by atoms with Crippen LogP contribution >= 0.6 is 11.3 Å². The molecule has 1 aliphatic heterocycles. The van der Waals surface area contributed by atoms with Crippen molar-refractivity contribution in [3.8, 4) is 0 Å². The zero-order valence-corrected chi connectivity index (χ0v) is 18.0. The molecule has 0 bridgehead atoms. The summed E-state index contributed by atoms with van der Waals surface area (Å²) in [4.78, 5) is 16.6. The first kappa shape index (κ1) is 20.6. The predicted octanol–water partition coefficient (Wildman–Crippen LogP) is 5.05. The van der Waals surface area contributed by atoms with E-state index in [-0.39, 0.29) is 12.1 Å². The van der Waals surface area contributed by atoms with E-state index < -0.39 is 0 Å². The van der Waals surface area contributed by atoms with Crippen LogP contribution in [0.25, 0.3) is 0 Å². The molecule has 0 atom stereocenters. The summed E-state index contributed by atoms with van der Waals surface area (Å²) in [7, 11) is 0. The van der Waals surface area contributed by atoms with Gasteiger partial charge in [0.05, 0.1) is 6.04 Å². The maximum atomic E-state index is 12.7. The summed E-state index contributed by atoms with van der Waals surface area (Å²) in [5.74, 6) is 0.544. The van der Waals surface area contributed by atoms with Gasteiger partial charge >= 0.3 is 6.03 Å². The van der Waals surface area contributed by atoms with Crippen LogP contribution in [0.5, 0.6) is 0 Å². The number of urea groups is 1. The zero-order chi connectivity index (χ0) is 20.6. The molecule has 1 saturated heterocycles. The molecule has 1 aromatic heterocycles. The average molecular weight is 420 g/mol. The third kappa shape index (κ3) is 5.71. The molecule has 2 amide bonds. The van der Waals surface area contributed by atoms with Crippen LogP contribution in [-0.2, 0) is 6.54 Å². The molecule has 2 N–H and O–H groups in total. The fraction of sp³-hybridized carbons (Fsp3) is 0.320. The molecule has 1 aliphatic rings. The van der Waals surface area contributed by atoms with Crippen molar-refractivity contribution >= 4 is 17.4 Å². The lowest BCUT2D eigenvalue weighted by molar-refractivity contribution is 0.176. The molecular weight excluding hydrogens is 390 g/mol. The molecular formula is C25H29N3OS. The fourth-order valence-corrected chi connectivity index (χ4v) is 4.79. The van der Waals surface area contributed by atoms with Gasteiger partial charge in [-0.05, 0) is 54.4 Å². The van der Waals surface area contributed by atoms with Crippen molar-refractivity contribution < 1.29 is 4.79 Å². The number of benzene rings is 2. The Hall–Kier alpha value is -2.63. The van der Waals surface area contributed by atoms with E-state index in [4.69, 9.17) is 0 Å². The molecule has 0 saturated carbocycles. The second kappa shape index (κ2) is 10.4. The topological polar surface area (TPSA) is 44.4 Å². The average Bonchev–Trinajstić information content (AvgIpc) is 3.31.